The topological polar surface area (TPSA) is 129 Å². The lowest BCUT2D eigenvalue weighted by Crippen LogP contribution is -2.33. The van der Waals surface area contributed by atoms with E-state index in [1.54, 1.807) is 42.5 Å². The number of phenolic OH excluding ortho intramolecular Hbond substituents is 1. The van der Waals surface area contributed by atoms with Crippen LogP contribution in [0.4, 0.5) is 11.4 Å². The highest BCUT2D eigenvalue weighted by molar-refractivity contribution is 6.40. The van der Waals surface area contributed by atoms with Crippen molar-refractivity contribution in [3.63, 3.8) is 0 Å². The fourth-order valence-corrected chi connectivity index (χ4v) is 2.82. The highest BCUT2D eigenvalue weighted by Gasteiger charge is 2.18. The number of hydrogen-bond acceptors (Lipinski definition) is 6. The van der Waals surface area contributed by atoms with Gasteiger partial charge in [-0.1, -0.05) is 35.9 Å². The summed E-state index contributed by atoms with van der Waals surface area (Å²) >= 11 is 0. The molecule has 0 aliphatic carbocycles. The molecule has 0 saturated heterocycles. The first-order valence-corrected chi connectivity index (χ1v) is 9.86. The van der Waals surface area contributed by atoms with Crippen molar-refractivity contribution in [2.75, 3.05) is 17.7 Å². The number of rotatable bonds is 6. The first-order valence-electron chi connectivity index (χ1n) is 9.86. The Morgan fingerprint density at radius 1 is 0.909 bits per heavy atom. The van der Waals surface area contributed by atoms with E-state index in [0.29, 0.717) is 5.69 Å². The number of carbonyl (C=O) groups excluding carboxylic acids is 3. The van der Waals surface area contributed by atoms with Crippen molar-refractivity contribution < 1.29 is 24.2 Å². The number of para-hydroxylation sites is 2. The monoisotopic (exact) mass is 446 g/mol. The second-order valence-electron chi connectivity index (χ2n) is 6.92. The maximum atomic E-state index is 12.7. The Labute approximate surface area is 190 Å². The van der Waals surface area contributed by atoms with Gasteiger partial charge in [-0.05, 0) is 43.3 Å². The molecule has 0 atom stereocenters. The molecule has 0 bridgehead atoms. The largest absolute Gasteiger partial charge is 0.504 e. The Bertz CT molecular complexity index is 1210. The number of nitrogens with one attached hydrogen (secondary N) is 3. The standard InChI is InChI=1S/C24H22N4O5/c1-15-10-12-17(13-11-15)26-22(30)18-7-3-4-8-19(18)27-23(31)24(32)28-25-14-16-6-5-9-20(33-2)21(16)29/h3-14,29H,1-2H3,(H,26,30)(H,27,31)(H,28,32)/b25-14+. The highest BCUT2D eigenvalue weighted by atomic mass is 16.5. The normalized spacial score (nSPS) is 10.5. The molecule has 33 heavy (non-hydrogen) atoms. The predicted octanol–water partition coefficient (Wildman–Crippen LogP) is 3.05. The minimum absolute atomic E-state index is 0.157. The molecule has 3 aromatic carbocycles. The summed E-state index contributed by atoms with van der Waals surface area (Å²) in [5.41, 5.74) is 4.36. The number of ether oxygens (including phenoxy) is 1. The van der Waals surface area contributed by atoms with Crippen LogP contribution >= 0.6 is 0 Å². The number of aryl methyl sites for hydroxylation is 1. The second kappa shape index (κ2) is 10.6. The molecule has 9 heteroatoms. The smallest absolute Gasteiger partial charge is 0.329 e. The summed E-state index contributed by atoms with van der Waals surface area (Å²) in [5.74, 6) is -2.43. The van der Waals surface area contributed by atoms with Gasteiger partial charge in [0.05, 0.1) is 24.6 Å². The third-order valence-corrected chi connectivity index (χ3v) is 4.56. The number of nitrogens with zero attached hydrogens (tertiary/aromatic N) is 1. The minimum atomic E-state index is -1.05. The molecule has 168 valence electrons. The van der Waals surface area contributed by atoms with Crippen LogP contribution in [0.25, 0.3) is 0 Å². The van der Waals surface area contributed by atoms with Crippen LogP contribution in [0.15, 0.2) is 71.8 Å². The Balaban J connectivity index is 1.65. The molecule has 0 aliphatic heterocycles. The van der Waals surface area contributed by atoms with Gasteiger partial charge in [-0.15, -0.1) is 0 Å². The quantitative estimate of drug-likeness (QED) is 0.263. The van der Waals surface area contributed by atoms with Crippen molar-refractivity contribution in [2.24, 2.45) is 5.10 Å². The Morgan fingerprint density at radius 2 is 1.64 bits per heavy atom. The molecule has 3 amide bonds. The third kappa shape index (κ3) is 5.95. The number of phenols is 1. The van der Waals surface area contributed by atoms with Gasteiger partial charge in [0.25, 0.3) is 5.91 Å². The van der Waals surface area contributed by atoms with Gasteiger partial charge in [-0.3, -0.25) is 14.4 Å². The highest BCUT2D eigenvalue weighted by Crippen LogP contribution is 2.27. The van der Waals surface area contributed by atoms with Crippen LogP contribution in [0.3, 0.4) is 0 Å². The van der Waals surface area contributed by atoms with Gasteiger partial charge < -0.3 is 20.5 Å². The van der Waals surface area contributed by atoms with Crippen LogP contribution in [0, 0.1) is 6.92 Å². The molecule has 0 radical (unpaired) electrons. The van der Waals surface area contributed by atoms with Gasteiger partial charge in [-0.25, -0.2) is 5.43 Å². The van der Waals surface area contributed by atoms with Crippen molar-refractivity contribution in [3.8, 4) is 11.5 Å². The molecule has 0 saturated carbocycles. The summed E-state index contributed by atoms with van der Waals surface area (Å²) < 4.78 is 5.00. The Morgan fingerprint density at radius 3 is 2.36 bits per heavy atom. The first-order chi connectivity index (χ1) is 15.9. The van der Waals surface area contributed by atoms with E-state index < -0.39 is 17.7 Å². The van der Waals surface area contributed by atoms with E-state index in [9.17, 15) is 19.5 Å². The SMILES string of the molecule is COc1cccc(/C=N/NC(=O)C(=O)Nc2ccccc2C(=O)Nc2ccc(C)cc2)c1O. The maximum absolute atomic E-state index is 12.7. The molecule has 0 unspecified atom stereocenters. The number of hydrazone groups is 1. The van der Waals surface area contributed by atoms with Crippen LogP contribution in [-0.4, -0.2) is 36.2 Å². The molecule has 0 fully saturated rings. The Hall–Kier alpha value is -4.66. The minimum Gasteiger partial charge on any atom is -0.504 e. The zero-order valence-electron chi connectivity index (χ0n) is 18.0. The van der Waals surface area contributed by atoms with Crippen molar-refractivity contribution in [1.82, 2.24) is 5.43 Å². The van der Waals surface area contributed by atoms with Gasteiger partial charge in [0.15, 0.2) is 11.5 Å². The van der Waals surface area contributed by atoms with Crippen molar-refractivity contribution >= 4 is 35.3 Å². The Kier molecular flexibility index (Phi) is 7.38. The summed E-state index contributed by atoms with van der Waals surface area (Å²) in [7, 11) is 1.40. The average molecular weight is 446 g/mol. The van der Waals surface area contributed by atoms with Crippen molar-refractivity contribution in [3.05, 3.63) is 83.4 Å². The van der Waals surface area contributed by atoms with Crippen LogP contribution < -0.4 is 20.8 Å². The fourth-order valence-electron chi connectivity index (χ4n) is 2.82. The number of anilines is 2. The fraction of sp³-hybridized carbons (Fsp3) is 0.0833. The maximum Gasteiger partial charge on any atom is 0.329 e. The second-order valence-corrected chi connectivity index (χ2v) is 6.92. The van der Waals surface area contributed by atoms with E-state index in [0.717, 1.165) is 5.56 Å². The number of hydrogen-bond donors (Lipinski definition) is 4. The molecule has 0 aromatic heterocycles. The van der Waals surface area contributed by atoms with Crippen LogP contribution in [0.5, 0.6) is 11.5 Å². The molecule has 0 spiro atoms. The molecular formula is C24H22N4O5. The van der Waals surface area contributed by atoms with E-state index in [2.05, 4.69) is 21.2 Å². The number of amides is 3. The lowest BCUT2D eigenvalue weighted by Gasteiger charge is -2.11. The van der Waals surface area contributed by atoms with Crippen LogP contribution in [-0.2, 0) is 9.59 Å². The molecule has 9 nitrogen and oxygen atoms in total. The zero-order valence-corrected chi connectivity index (χ0v) is 18.0. The summed E-state index contributed by atoms with van der Waals surface area (Å²) in [6.07, 6.45) is 1.17. The number of benzene rings is 3. The molecule has 3 rings (SSSR count). The van der Waals surface area contributed by atoms with E-state index in [1.165, 1.54) is 25.5 Å². The van der Waals surface area contributed by atoms with E-state index in [-0.39, 0.29) is 28.3 Å². The molecular weight excluding hydrogens is 424 g/mol. The van der Waals surface area contributed by atoms with E-state index >= 15 is 0 Å². The molecule has 4 N–H and O–H groups in total. The molecule has 0 heterocycles. The van der Waals surface area contributed by atoms with Crippen molar-refractivity contribution in [1.29, 1.82) is 0 Å². The van der Waals surface area contributed by atoms with Crippen LogP contribution in [0.1, 0.15) is 21.5 Å². The van der Waals surface area contributed by atoms with Crippen molar-refractivity contribution in [2.45, 2.75) is 6.92 Å². The van der Waals surface area contributed by atoms with Gasteiger partial charge in [0.1, 0.15) is 0 Å². The van der Waals surface area contributed by atoms with E-state index in [4.69, 9.17) is 4.74 Å². The summed E-state index contributed by atoms with van der Waals surface area (Å²) in [6.45, 7) is 1.94. The van der Waals surface area contributed by atoms with Gasteiger partial charge in [0, 0.05) is 11.3 Å². The summed E-state index contributed by atoms with van der Waals surface area (Å²) in [6, 6.07) is 18.3. The lowest BCUT2D eigenvalue weighted by atomic mass is 10.1. The third-order valence-electron chi connectivity index (χ3n) is 4.56. The summed E-state index contributed by atoms with van der Waals surface area (Å²) in [4.78, 5) is 37.1. The van der Waals surface area contributed by atoms with E-state index in [1.807, 2.05) is 19.1 Å². The molecule has 0 aliphatic rings. The van der Waals surface area contributed by atoms with Gasteiger partial charge in [0.2, 0.25) is 0 Å². The zero-order chi connectivity index (χ0) is 23.8. The van der Waals surface area contributed by atoms with Gasteiger partial charge >= 0.3 is 11.8 Å². The number of carbonyl (C=O) groups is 3. The average Bonchev–Trinajstić information content (AvgIpc) is 2.81. The van der Waals surface area contributed by atoms with Crippen LogP contribution in [0.2, 0.25) is 0 Å². The lowest BCUT2D eigenvalue weighted by molar-refractivity contribution is -0.136. The van der Waals surface area contributed by atoms with Gasteiger partial charge in [-0.2, -0.15) is 5.10 Å². The first kappa shape index (κ1) is 23.0. The number of methoxy groups -OCH3 is 1. The number of aromatic hydroxyl groups is 1. The summed E-state index contributed by atoms with van der Waals surface area (Å²) in [5, 5.41) is 18.9. The predicted molar refractivity (Wildman–Crippen MR) is 125 cm³/mol. The molecule has 3 aromatic rings.